The van der Waals surface area contributed by atoms with Crippen LogP contribution in [0.25, 0.3) is 0 Å². The van der Waals surface area contributed by atoms with Crippen molar-refractivity contribution in [3.05, 3.63) is 29.3 Å². The molecule has 15 heavy (non-hydrogen) atoms. The lowest BCUT2D eigenvalue weighted by Gasteiger charge is -2.26. The first kappa shape index (κ1) is 12.1. The van der Waals surface area contributed by atoms with Crippen LogP contribution in [0, 0.1) is 6.92 Å². The summed E-state index contributed by atoms with van der Waals surface area (Å²) in [5.41, 5.74) is 8.07. The second-order valence-electron chi connectivity index (χ2n) is 4.84. The molecule has 0 fully saturated rings. The molecule has 1 rings (SSSR count). The van der Waals surface area contributed by atoms with Gasteiger partial charge in [-0.15, -0.1) is 0 Å². The van der Waals surface area contributed by atoms with Crippen LogP contribution in [0.4, 0.5) is 0 Å². The van der Waals surface area contributed by atoms with Crippen LogP contribution < -0.4 is 10.5 Å². The Balaban J connectivity index is 3.21. The van der Waals surface area contributed by atoms with E-state index in [4.69, 9.17) is 10.5 Å². The first-order valence-corrected chi connectivity index (χ1v) is 5.38. The third-order valence-corrected chi connectivity index (χ3v) is 2.24. The maximum absolute atomic E-state index is 6.15. The summed E-state index contributed by atoms with van der Waals surface area (Å²) in [6.07, 6.45) is 0.174. The van der Waals surface area contributed by atoms with Crippen molar-refractivity contribution in [2.45, 2.75) is 46.3 Å². The van der Waals surface area contributed by atoms with E-state index in [0.717, 1.165) is 11.3 Å². The Morgan fingerprint density at radius 1 is 1.27 bits per heavy atom. The zero-order valence-corrected chi connectivity index (χ0v) is 10.3. The van der Waals surface area contributed by atoms with Gasteiger partial charge in [-0.25, -0.2) is 0 Å². The van der Waals surface area contributed by atoms with E-state index < -0.39 is 0 Å². The number of ether oxygens (including phenoxy) is 1. The van der Waals surface area contributed by atoms with Crippen LogP contribution in [0.3, 0.4) is 0 Å². The Labute approximate surface area is 92.4 Å². The van der Waals surface area contributed by atoms with E-state index >= 15 is 0 Å². The number of hydrogen-bond donors (Lipinski definition) is 1. The molecule has 0 bridgehead atoms. The minimum absolute atomic E-state index is 0.174. The first-order valence-electron chi connectivity index (χ1n) is 5.38. The molecule has 0 saturated carbocycles. The summed E-state index contributed by atoms with van der Waals surface area (Å²) >= 11 is 0. The summed E-state index contributed by atoms with van der Waals surface area (Å²) in [6.45, 7) is 10.1. The van der Waals surface area contributed by atoms with Crippen molar-refractivity contribution >= 4 is 0 Å². The van der Waals surface area contributed by atoms with Crippen molar-refractivity contribution in [2.24, 2.45) is 5.73 Å². The molecule has 0 unspecified atom stereocenters. The van der Waals surface area contributed by atoms with E-state index in [1.54, 1.807) is 0 Å². The average Bonchev–Trinajstić information content (AvgIpc) is 1.99. The highest BCUT2D eigenvalue weighted by atomic mass is 16.5. The van der Waals surface area contributed by atoms with Crippen molar-refractivity contribution in [2.75, 3.05) is 0 Å². The molecule has 0 aliphatic rings. The molecule has 84 valence electrons. The van der Waals surface area contributed by atoms with E-state index in [1.807, 2.05) is 39.8 Å². The fraction of sp³-hybridized carbons (Fsp3) is 0.538. The Morgan fingerprint density at radius 2 is 1.87 bits per heavy atom. The largest absolute Gasteiger partial charge is 0.491 e. The minimum atomic E-state index is -0.366. The predicted octanol–water partition coefficient (Wildman–Crippen LogP) is 2.98. The summed E-state index contributed by atoms with van der Waals surface area (Å²) in [5, 5.41) is 0. The summed E-state index contributed by atoms with van der Waals surface area (Å²) < 4.78 is 5.77. The molecule has 0 radical (unpaired) electrons. The fourth-order valence-corrected chi connectivity index (χ4v) is 1.82. The van der Waals surface area contributed by atoms with Gasteiger partial charge in [0.2, 0.25) is 0 Å². The molecule has 0 aliphatic heterocycles. The molecular weight excluding hydrogens is 186 g/mol. The van der Waals surface area contributed by atoms with Gasteiger partial charge in [-0.1, -0.05) is 12.1 Å². The monoisotopic (exact) mass is 207 g/mol. The first-order chi connectivity index (χ1) is 6.82. The van der Waals surface area contributed by atoms with Crippen LogP contribution in [-0.4, -0.2) is 6.10 Å². The number of benzene rings is 1. The standard InChI is InChI=1S/C13H21NO/c1-9(2)15-11-8-6-7-10(3)12(11)13(4,5)14/h6-9H,14H2,1-5H3. The highest BCUT2D eigenvalue weighted by Crippen LogP contribution is 2.31. The quantitative estimate of drug-likeness (QED) is 0.827. The molecule has 0 spiro atoms. The van der Waals surface area contributed by atoms with Crippen LogP contribution in [0.5, 0.6) is 5.75 Å². The van der Waals surface area contributed by atoms with Crippen molar-refractivity contribution < 1.29 is 4.74 Å². The normalized spacial score (nSPS) is 11.9. The number of nitrogens with two attached hydrogens (primary N) is 1. The molecule has 2 nitrogen and oxygen atoms in total. The van der Waals surface area contributed by atoms with Crippen molar-refractivity contribution in [3.8, 4) is 5.75 Å². The molecule has 1 aromatic carbocycles. The maximum atomic E-state index is 6.15. The van der Waals surface area contributed by atoms with E-state index in [2.05, 4.69) is 13.0 Å². The summed E-state index contributed by atoms with van der Waals surface area (Å²) in [7, 11) is 0. The zero-order valence-electron chi connectivity index (χ0n) is 10.3. The van der Waals surface area contributed by atoms with Crippen LogP contribution >= 0.6 is 0 Å². The van der Waals surface area contributed by atoms with E-state index in [0.29, 0.717) is 0 Å². The topological polar surface area (TPSA) is 35.2 Å². The van der Waals surface area contributed by atoms with Gasteiger partial charge in [-0.05, 0) is 46.2 Å². The van der Waals surface area contributed by atoms with Gasteiger partial charge < -0.3 is 10.5 Å². The van der Waals surface area contributed by atoms with Crippen LogP contribution in [-0.2, 0) is 5.54 Å². The van der Waals surface area contributed by atoms with Gasteiger partial charge in [0.1, 0.15) is 5.75 Å². The van der Waals surface area contributed by atoms with Crippen LogP contribution in [0.1, 0.15) is 38.8 Å². The summed E-state index contributed by atoms with van der Waals surface area (Å²) in [4.78, 5) is 0. The van der Waals surface area contributed by atoms with Crippen molar-refractivity contribution in [1.82, 2.24) is 0 Å². The molecule has 2 N–H and O–H groups in total. The number of rotatable bonds is 3. The van der Waals surface area contributed by atoms with Crippen LogP contribution in [0.15, 0.2) is 18.2 Å². The smallest absolute Gasteiger partial charge is 0.124 e. The highest BCUT2D eigenvalue weighted by Gasteiger charge is 2.21. The molecule has 0 heterocycles. The van der Waals surface area contributed by atoms with Gasteiger partial charge in [0.15, 0.2) is 0 Å². The van der Waals surface area contributed by atoms with E-state index in [1.165, 1.54) is 5.56 Å². The fourth-order valence-electron chi connectivity index (χ4n) is 1.82. The van der Waals surface area contributed by atoms with Crippen molar-refractivity contribution in [3.63, 3.8) is 0 Å². The minimum Gasteiger partial charge on any atom is -0.491 e. The van der Waals surface area contributed by atoms with Gasteiger partial charge in [-0.3, -0.25) is 0 Å². The summed E-state index contributed by atoms with van der Waals surface area (Å²) in [5.74, 6) is 0.900. The lowest BCUT2D eigenvalue weighted by Crippen LogP contribution is -2.30. The van der Waals surface area contributed by atoms with Gasteiger partial charge in [0, 0.05) is 11.1 Å². The Hall–Kier alpha value is -1.02. The Morgan fingerprint density at radius 3 is 2.33 bits per heavy atom. The number of aryl methyl sites for hydroxylation is 1. The highest BCUT2D eigenvalue weighted by molar-refractivity contribution is 5.44. The van der Waals surface area contributed by atoms with E-state index in [-0.39, 0.29) is 11.6 Å². The molecule has 0 saturated heterocycles. The predicted molar refractivity (Wildman–Crippen MR) is 64.2 cm³/mol. The third kappa shape index (κ3) is 2.96. The average molecular weight is 207 g/mol. The zero-order chi connectivity index (χ0) is 11.6. The Kier molecular flexibility index (Phi) is 3.40. The second kappa shape index (κ2) is 4.23. The molecule has 1 aromatic rings. The molecule has 0 aliphatic carbocycles. The maximum Gasteiger partial charge on any atom is 0.124 e. The SMILES string of the molecule is Cc1cccc(OC(C)C)c1C(C)(C)N. The molecule has 0 atom stereocenters. The lowest BCUT2D eigenvalue weighted by atomic mass is 9.90. The van der Waals surface area contributed by atoms with E-state index in [9.17, 15) is 0 Å². The van der Waals surface area contributed by atoms with Gasteiger partial charge in [-0.2, -0.15) is 0 Å². The van der Waals surface area contributed by atoms with Gasteiger partial charge in [0.25, 0.3) is 0 Å². The molecule has 0 amide bonds. The lowest BCUT2D eigenvalue weighted by molar-refractivity contribution is 0.236. The Bertz CT molecular complexity index is 337. The molecule has 2 heteroatoms. The number of hydrogen-bond acceptors (Lipinski definition) is 2. The molecule has 0 aromatic heterocycles. The van der Waals surface area contributed by atoms with Gasteiger partial charge in [0.05, 0.1) is 6.10 Å². The second-order valence-corrected chi connectivity index (χ2v) is 4.84. The third-order valence-electron chi connectivity index (χ3n) is 2.24. The molecular formula is C13H21NO. The van der Waals surface area contributed by atoms with Crippen LogP contribution in [0.2, 0.25) is 0 Å². The summed E-state index contributed by atoms with van der Waals surface area (Å²) in [6, 6.07) is 6.05. The van der Waals surface area contributed by atoms with Crippen molar-refractivity contribution in [1.29, 1.82) is 0 Å². The van der Waals surface area contributed by atoms with Gasteiger partial charge >= 0.3 is 0 Å².